The van der Waals surface area contributed by atoms with E-state index in [1.165, 1.54) is 26.0 Å². The van der Waals surface area contributed by atoms with Gasteiger partial charge in [0.2, 0.25) is 0 Å². The minimum absolute atomic E-state index is 0.0178. The summed E-state index contributed by atoms with van der Waals surface area (Å²) >= 11 is 0. The average molecular weight is 304 g/mol. The molecule has 1 unspecified atom stereocenters. The van der Waals surface area contributed by atoms with Crippen molar-refractivity contribution in [2.24, 2.45) is 0 Å². The van der Waals surface area contributed by atoms with E-state index in [0.29, 0.717) is 6.54 Å². The molecule has 0 spiro atoms. The molecule has 1 atom stereocenters. The first-order chi connectivity index (χ1) is 9.68. The lowest BCUT2D eigenvalue weighted by Gasteiger charge is -2.27. The van der Waals surface area contributed by atoms with Crippen LogP contribution in [-0.4, -0.2) is 19.1 Å². The summed E-state index contributed by atoms with van der Waals surface area (Å²) in [6.07, 6.45) is -2.76. The van der Waals surface area contributed by atoms with Crippen molar-refractivity contribution in [2.75, 3.05) is 18.4 Å². The Morgan fingerprint density at radius 1 is 1.19 bits per heavy atom. The van der Waals surface area contributed by atoms with Gasteiger partial charge in [-0.25, -0.2) is 4.39 Å². The van der Waals surface area contributed by atoms with Crippen molar-refractivity contribution >= 4 is 5.69 Å². The van der Waals surface area contributed by atoms with Gasteiger partial charge in [-0.3, -0.25) is 0 Å². The molecule has 1 aliphatic rings. The zero-order chi connectivity index (χ0) is 15.7. The second kappa shape index (κ2) is 5.83. The summed E-state index contributed by atoms with van der Waals surface area (Å²) in [5, 5.41) is 6.07. The summed E-state index contributed by atoms with van der Waals surface area (Å²) in [4.78, 5) is 0. The van der Waals surface area contributed by atoms with Crippen LogP contribution in [0.5, 0.6) is 0 Å². The molecule has 2 N–H and O–H groups in total. The summed E-state index contributed by atoms with van der Waals surface area (Å²) in [5.41, 5.74) is -2.56. The van der Waals surface area contributed by atoms with Crippen LogP contribution in [0.4, 0.5) is 23.2 Å². The fraction of sp³-hybridized carbons (Fsp3) is 0.600. The van der Waals surface area contributed by atoms with Gasteiger partial charge in [0, 0.05) is 18.3 Å². The molecule has 0 aromatic heterocycles. The molecular formula is C15H20F4N2. The molecule has 1 fully saturated rings. The molecule has 1 saturated heterocycles. The maximum atomic E-state index is 13.9. The number of hydrogen-bond acceptors (Lipinski definition) is 2. The Bertz CT molecular complexity index is 485. The van der Waals surface area contributed by atoms with E-state index in [1.807, 2.05) is 0 Å². The van der Waals surface area contributed by atoms with Crippen LogP contribution in [0, 0.1) is 0 Å². The molecule has 0 radical (unpaired) electrons. The zero-order valence-electron chi connectivity index (χ0n) is 12.1. The molecule has 6 heteroatoms. The third-order valence-electron chi connectivity index (χ3n) is 3.67. The largest absolute Gasteiger partial charge is 0.418 e. The molecule has 0 bridgehead atoms. The topological polar surface area (TPSA) is 24.1 Å². The summed E-state index contributed by atoms with van der Waals surface area (Å²) < 4.78 is 53.5. The summed E-state index contributed by atoms with van der Waals surface area (Å²) in [7, 11) is 0. The highest BCUT2D eigenvalue weighted by molar-refractivity contribution is 5.55. The average Bonchev–Trinajstić information content (AvgIpc) is 2.38. The van der Waals surface area contributed by atoms with Gasteiger partial charge in [-0.15, -0.1) is 0 Å². The van der Waals surface area contributed by atoms with Gasteiger partial charge in [-0.2, -0.15) is 13.2 Å². The van der Waals surface area contributed by atoms with E-state index in [1.54, 1.807) is 0 Å². The van der Waals surface area contributed by atoms with Crippen molar-refractivity contribution in [3.8, 4) is 0 Å². The number of alkyl halides is 4. The quantitative estimate of drug-likeness (QED) is 0.822. The predicted molar refractivity (Wildman–Crippen MR) is 75.1 cm³/mol. The molecule has 2 nitrogen and oxygen atoms in total. The van der Waals surface area contributed by atoms with Gasteiger partial charge in [0.15, 0.2) is 0 Å². The van der Waals surface area contributed by atoms with E-state index in [0.717, 1.165) is 25.5 Å². The maximum absolute atomic E-state index is 13.9. The van der Waals surface area contributed by atoms with Crippen LogP contribution in [0.1, 0.15) is 37.8 Å². The van der Waals surface area contributed by atoms with Gasteiger partial charge in [-0.05, 0) is 50.9 Å². The van der Waals surface area contributed by atoms with E-state index in [-0.39, 0.29) is 17.3 Å². The number of anilines is 1. The van der Waals surface area contributed by atoms with Crippen molar-refractivity contribution in [1.82, 2.24) is 5.32 Å². The Kier molecular flexibility index (Phi) is 4.46. The van der Waals surface area contributed by atoms with Gasteiger partial charge in [0.05, 0.1) is 5.56 Å². The van der Waals surface area contributed by atoms with Gasteiger partial charge in [0.25, 0.3) is 0 Å². The number of rotatable bonds is 3. The molecule has 2 rings (SSSR count). The molecule has 0 saturated carbocycles. The maximum Gasteiger partial charge on any atom is 0.418 e. The second-order valence-corrected chi connectivity index (χ2v) is 5.92. The van der Waals surface area contributed by atoms with E-state index >= 15 is 0 Å². The third kappa shape index (κ3) is 4.09. The van der Waals surface area contributed by atoms with Crippen LogP contribution < -0.4 is 10.6 Å². The molecular weight excluding hydrogens is 284 g/mol. The Labute approximate surface area is 121 Å². The van der Waals surface area contributed by atoms with E-state index in [2.05, 4.69) is 10.6 Å². The fourth-order valence-corrected chi connectivity index (χ4v) is 2.47. The predicted octanol–water partition coefficient (Wildman–Crippen LogP) is 4.07. The Balaban J connectivity index is 2.31. The Hall–Kier alpha value is -1.30. The van der Waals surface area contributed by atoms with Crippen LogP contribution in [0.3, 0.4) is 0 Å². The van der Waals surface area contributed by atoms with E-state index in [9.17, 15) is 17.6 Å². The highest BCUT2D eigenvalue weighted by Crippen LogP contribution is 2.38. The number of hydrogen-bond donors (Lipinski definition) is 2. The van der Waals surface area contributed by atoms with E-state index in [4.69, 9.17) is 0 Å². The SMILES string of the molecule is CC(C)(F)c1ccc(NC2CCCNC2)c(C(F)(F)F)c1. The Morgan fingerprint density at radius 2 is 1.90 bits per heavy atom. The number of piperidine rings is 1. The minimum Gasteiger partial charge on any atom is -0.381 e. The molecule has 1 aliphatic heterocycles. The van der Waals surface area contributed by atoms with Crippen molar-refractivity contribution < 1.29 is 17.6 Å². The van der Waals surface area contributed by atoms with Crippen LogP contribution in [0.15, 0.2) is 18.2 Å². The molecule has 1 aromatic rings. The zero-order valence-corrected chi connectivity index (χ0v) is 12.1. The molecule has 0 amide bonds. The Morgan fingerprint density at radius 3 is 2.43 bits per heavy atom. The third-order valence-corrected chi connectivity index (χ3v) is 3.67. The second-order valence-electron chi connectivity index (χ2n) is 5.92. The number of benzene rings is 1. The van der Waals surface area contributed by atoms with Crippen LogP contribution in [-0.2, 0) is 11.8 Å². The fourth-order valence-electron chi connectivity index (χ4n) is 2.47. The summed E-state index contributed by atoms with van der Waals surface area (Å²) in [5.74, 6) is 0. The lowest BCUT2D eigenvalue weighted by atomic mass is 9.96. The number of halogens is 4. The van der Waals surface area contributed by atoms with Crippen LogP contribution in [0.25, 0.3) is 0 Å². The first-order valence-corrected chi connectivity index (χ1v) is 7.06. The normalized spacial score (nSPS) is 20.4. The minimum atomic E-state index is -4.51. The summed E-state index contributed by atoms with van der Waals surface area (Å²) in [6.45, 7) is 4.02. The van der Waals surface area contributed by atoms with Gasteiger partial charge in [0.1, 0.15) is 5.67 Å². The summed E-state index contributed by atoms with van der Waals surface area (Å²) in [6, 6.07) is 3.60. The van der Waals surface area contributed by atoms with Gasteiger partial charge in [-0.1, -0.05) is 6.07 Å². The standard InChI is InChI=1S/C15H20F4N2/c1-14(2,16)10-5-6-13(12(8-10)15(17,18)19)21-11-4-3-7-20-9-11/h5-6,8,11,20-21H,3-4,7,9H2,1-2H3. The van der Waals surface area contributed by atoms with Crippen molar-refractivity contribution in [2.45, 2.75) is 44.6 Å². The smallest absolute Gasteiger partial charge is 0.381 e. The van der Waals surface area contributed by atoms with E-state index < -0.39 is 17.4 Å². The first kappa shape index (κ1) is 16.1. The van der Waals surface area contributed by atoms with Crippen LogP contribution >= 0.6 is 0 Å². The van der Waals surface area contributed by atoms with Gasteiger partial charge >= 0.3 is 6.18 Å². The first-order valence-electron chi connectivity index (χ1n) is 7.06. The molecule has 21 heavy (non-hydrogen) atoms. The lowest BCUT2D eigenvalue weighted by molar-refractivity contribution is -0.137. The molecule has 118 valence electrons. The highest BCUT2D eigenvalue weighted by atomic mass is 19.4. The number of nitrogens with one attached hydrogen (secondary N) is 2. The van der Waals surface area contributed by atoms with Crippen LogP contribution in [0.2, 0.25) is 0 Å². The molecule has 0 aliphatic carbocycles. The van der Waals surface area contributed by atoms with Crippen molar-refractivity contribution in [1.29, 1.82) is 0 Å². The lowest BCUT2D eigenvalue weighted by Crippen LogP contribution is -2.38. The van der Waals surface area contributed by atoms with Crippen molar-refractivity contribution in [3.63, 3.8) is 0 Å². The monoisotopic (exact) mass is 304 g/mol. The molecule has 1 aromatic carbocycles. The van der Waals surface area contributed by atoms with Gasteiger partial charge < -0.3 is 10.6 Å². The van der Waals surface area contributed by atoms with Crippen molar-refractivity contribution in [3.05, 3.63) is 29.3 Å². The highest BCUT2D eigenvalue weighted by Gasteiger charge is 2.35. The molecule has 1 heterocycles.